The third kappa shape index (κ3) is 6.17. The molecule has 2 fully saturated rings. The molecule has 1 aromatic heterocycles. The van der Waals surface area contributed by atoms with Crippen molar-refractivity contribution in [2.24, 2.45) is 0 Å². The Hall–Kier alpha value is -3.10. The highest BCUT2D eigenvalue weighted by Gasteiger charge is 2.26. The Labute approximate surface area is 216 Å². The number of nitrogens with zero attached hydrogens (tertiary/aromatic N) is 2. The minimum Gasteiger partial charge on any atom is -0.465 e. The van der Waals surface area contributed by atoms with Gasteiger partial charge in [-0.15, -0.1) is 11.8 Å². The minimum absolute atomic E-state index is 0.0740. The first kappa shape index (κ1) is 24.6. The SMILES string of the molecule is O=C(NCCSC1CCOC1=O)c1cccc(CN2CCCC(Nc3cccc4cnccc34)C2)c1. The number of esters is 1. The van der Waals surface area contributed by atoms with Gasteiger partial charge in [0, 0.05) is 72.3 Å². The van der Waals surface area contributed by atoms with Crippen LogP contribution in [0.4, 0.5) is 5.69 Å². The molecule has 2 saturated heterocycles. The number of anilines is 1. The Bertz CT molecular complexity index is 1210. The summed E-state index contributed by atoms with van der Waals surface area (Å²) in [6.45, 7) is 3.86. The number of amides is 1. The van der Waals surface area contributed by atoms with Gasteiger partial charge in [-0.3, -0.25) is 19.5 Å². The zero-order valence-electron chi connectivity index (χ0n) is 20.3. The molecule has 1 amide bonds. The van der Waals surface area contributed by atoms with Gasteiger partial charge in [0.25, 0.3) is 5.91 Å². The van der Waals surface area contributed by atoms with Gasteiger partial charge in [0.15, 0.2) is 0 Å². The summed E-state index contributed by atoms with van der Waals surface area (Å²) in [5.74, 6) is 0.485. The molecule has 0 spiro atoms. The first-order valence-electron chi connectivity index (χ1n) is 12.6. The van der Waals surface area contributed by atoms with Crippen LogP contribution < -0.4 is 10.6 Å². The Morgan fingerprint density at radius 1 is 1.17 bits per heavy atom. The van der Waals surface area contributed by atoms with E-state index in [-0.39, 0.29) is 17.1 Å². The van der Waals surface area contributed by atoms with Crippen LogP contribution >= 0.6 is 11.8 Å². The van der Waals surface area contributed by atoms with E-state index in [2.05, 4.69) is 50.8 Å². The van der Waals surface area contributed by atoms with Crippen molar-refractivity contribution in [1.82, 2.24) is 15.2 Å². The van der Waals surface area contributed by atoms with Crippen molar-refractivity contribution < 1.29 is 14.3 Å². The second kappa shape index (κ2) is 11.8. The first-order chi connectivity index (χ1) is 17.7. The van der Waals surface area contributed by atoms with Crippen LogP contribution in [0.15, 0.2) is 60.9 Å². The number of aromatic nitrogens is 1. The van der Waals surface area contributed by atoms with Crippen molar-refractivity contribution in [3.8, 4) is 0 Å². The molecule has 3 aromatic rings. The lowest BCUT2D eigenvalue weighted by Crippen LogP contribution is -2.41. The summed E-state index contributed by atoms with van der Waals surface area (Å²) in [5.41, 5.74) is 2.97. The molecule has 5 rings (SSSR count). The van der Waals surface area contributed by atoms with Gasteiger partial charge in [-0.05, 0) is 49.2 Å². The van der Waals surface area contributed by atoms with E-state index in [4.69, 9.17) is 4.74 Å². The highest BCUT2D eigenvalue weighted by Crippen LogP contribution is 2.25. The molecule has 0 aliphatic carbocycles. The van der Waals surface area contributed by atoms with Gasteiger partial charge in [0.2, 0.25) is 0 Å². The number of nitrogens with one attached hydrogen (secondary N) is 2. The van der Waals surface area contributed by atoms with E-state index in [1.165, 1.54) is 5.39 Å². The number of thioether (sulfide) groups is 1. The third-order valence-corrected chi connectivity index (χ3v) is 8.01. The van der Waals surface area contributed by atoms with Gasteiger partial charge < -0.3 is 15.4 Å². The number of carbonyl (C=O) groups is 2. The summed E-state index contributed by atoms with van der Waals surface area (Å²) < 4.78 is 4.98. The Balaban J connectivity index is 1.13. The van der Waals surface area contributed by atoms with Gasteiger partial charge in [0.05, 0.1) is 6.61 Å². The van der Waals surface area contributed by atoms with Crippen LogP contribution in [0.3, 0.4) is 0 Å². The molecule has 0 radical (unpaired) electrons. The summed E-state index contributed by atoms with van der Waals surface area (Å²) in [6.07, 6.45) is 6.77. The van der Waals surface area contributed by atoms with Crippen LogP contribution in [-0.2, 0) is 16.1 Å². The molecule has 0 bridgehead atoms. The first-order valence-corrected chi connectivity index (χ1v) is 13.7. The van der Waals surface area contributed by atoms with Crippen LogP contribution in [-0.4, -0.2) is 65.0 Å². The average molecular weight is 505 g/mol. The minimum atomic E-state index is -0.136. The summed E-state index contributed by atoms with van der Waals surface area (Å²) in [6, 6.07) is 16.6. The monoisotopic (exact) mass is 504 g/mol. The second-order valence-corrected chi connectivity index (χ2v) is 10.7. The quantitative estimate of drug-likeness (QED) is 0.335. The van der Waals surface area contributed by atoms with E-state index in [1.807, 2.05) is 30.6 Å². The van der Waals surface area contributed by atoms with E-state index < -0.39 is 0 Å². The predicted molar refractivity (Wildman–Crippen MR) is 144 cm³/mol. The summed E-state index contributed by atoms with van der Waals surface area (Å²) in [5, 5.41) is 8.98. The van der Waals surface area contributed by atoms with Crippen molar-refractivity contribution >= 4 is 40.1 Å². The van der Waals surface area contributed by atoms with Crippen LogP contribution in [0.2, 0.25) is 0 Å². The van der Waals surface area contributed by atoms with E-state index in [9.17, 15) is 9.59 Å². The number of hydrogen-bond acceptors (Lipinski definition) is 7. The lowest BCUT2D eigenvalue weighted by molar-refractivity contribution is -0.137. The number of carbonyl (C=O) groups excluding carboxylic acids is 2. The maximum Gasteiger partial charge on any atom is 0.319 e. The number of pyridine rings is 1. The van der Waals surface area contributed by atoms with Crippen LogP contribution in [0.1, 0.15) is 35.2 Å². The normalized spacial score (nSPS) is 20.3. The molecule has 2 unspecified atom stereocenters. The van der Waals surface area contributed by atoms with Crippen molar-refractivity contribution in [1.29, 1.82) is 0 Å². The maximum absolute atomic E-state index is 12.7. The van der Waals surface area contributed by atoms with Gasteiger partial charge in [0.1, 0.15) is 5.25 Å². The predicted octanol–water partition coefficient (Wildman–Crippen LogP) is 4.09. The Morgan fingerprint density at radius 3 is 2.97 bits per heavy atom. The maximum atomic E-state index is 12.7. The van der Waals surface area contributed by atoms with E-state index in [0.717, 1.165) is 55.5 Å². The molecule has 2 atom stereocenters. The summed E-state index contributed by atoms with van der Waals surface area (Å²) in [4.78, 5) is 30.9. The number of benzene rings is 2. The number of cyclic esters (lactones) is 1. The van der Waals surface area contributed by atoms with Gasteiger partial charge >= 0.3 is 5.97 Å². The molecular formula is C28H32N4O3S. The van der Waals surface area contributed by atoms with E-state index >= 15 is 0 Å². The molecule has 2 N–H and O–H groups in total. The molecule has 188 valence electrons. The number of fused-ring (bicyclic) bond motifs is 1. The van der Waals surface area contributed by atoms with Crippen LogP contribution in [0, 0.1) is 0 Å². The molecule has 3 heterocycles. The Kier molecular flexibility index (Phi) is 8.03. The topological polar surface area (TPSA) is 83.6 Å². The molecule has 2 aromatic carbocycles. The van der Waals surface area contributed by atoms with Crippen LogP contribution in [0.25, 0.3) is 10.8 Å². The van der Waals surface area contributed by atoms with E-state index in [1.54, 1.807) is 11.8 Å². The van der Waals surface area contributed by atoms with E-state index in [0.29, 0.717) is 30.5 Å². The smallest absolute Gasteiger partial charge is 0.319 e. The summed E-state index contributed by atoms with van der Waals surface area (Å²) in [7, 11) is 0. The zero-order valence-corrected chi connectivity index (χ0v) is 21.1. The largest absolute Gasteiger partial charge is 0.465 e. The fraction of sp³-hybridized carbons (Fsp3) is 0.393. The van der Waals surface area contributed by atoms with Gasteiger partial charge in [-0.2, -0.15) is 0 Å². The van der Waals surface area contributed by atoms with Crippen molar-refractivity contribution in [2.75, 3.05) is 37.3 Å². The van der Waals surface area contributed by atoms with Crippen molar-refractivity contribution in [3.63, 3.8) is 0 Å². The molecule has 7 nitrogen and oxygen atoms in total. The number of piperidine rings is 1. The molecule has 2 aliphatic rings. The van der Waals surface area contributed by atoms with Crippen LogP contribution in [0.5, 0.6) is 0 Å². The highest BCUT2D eigenvalue weighted by atomic mass is 32.2. The fourth-order valence-electron chi connectivity index (χ4n) is 4.95. The number of ether oxygens (including phenoxy) is 1. The number of rotatable bonds is 9. The zero-order chi connectivity index (χ0) is 24.7. The lowest BCUT2D eigenvalue weighted by atomic mass is 10.0. The fourth-order valence-corrected chi connectivity index (χ4v) is 5.92. The Morgan fingerprint density at radius 2 is 2.08 bits per heavy atom. The molecule has 0 saturated carbocycles. The van der Waals surface area contributed by atoms with Crippen molar-refractivity contribution in [2.45, 2.75) is 37.1 Å². The van der Waals surface area contributed by atoms with Crippen molar-refractivity contribution in [3.05, 3.63) is 72.1 Å². The standard InChI is InChI=1S/C28H32N4O3S/c33-27(30-12-15-36-26-10-14-35-28(26)34)21-5-1-4-20(16-21)18-32-13-3-7-23(19-32)31-25-8-2-6-22-17-29-11-9-24(22)25/h1-2,4-6,8-9,11,16-17,23,26,31H,3,7,10,12-15,18-19H2,(H,30,33). The number of hydrogen-bond donors (Lipinski definition) is 2. The lowest BCUT2D eigenvalue weighted by Gasteiger charge is -2.34. The molecule has 8 heteroatoms. The summed E-state index contributed by atoms with van der Waals surface area (Å²) >= 11 is 1.55. The third-order valence-electron chi connectivity index (χ3n) is 6.74. The molecule has 36 heavy (non-hydrogen) atoms. The molecular weight excluding hydrogens is 472 g/mol. The second-order valence-electron chi connectivity index (χ2n) is 9.39. The highest BCUT2D eigenvalue weighted by molar-refractivity contribution is 8.00. The van der Waals surface area contributed by atoms with Gasteiger partial charge in [-0.25, -0.2) is 0 Å². The molecule has 2 aliphatic heterocycles. The average Bonchev–Trinajstić information content (AvgIpc) is 3.31. The van der Waals surface area contributed by atoms with Gasteiger partial charge in [-0.1, -0.05) is 24.3 Å². The number of likely N-dealkylation sites (tertiary alicyclic amines) is 1.